The Morgan fingerprint density at radius 2 is 1.53 bits per heavy atom. The summed E-state index contributed by atoms with van der Waals surface area (Å²) in [7, 11) is -7.34. The highest BCUT2D eigenvalue weighted by atomic mass is 32.2. The number of hydrogen-bond acceptors (Lipinski definition) is 7. The van der Waals surface area contributed by atoms with E-state index in [4.69, 9.17) is 4.74 Å². The molecule has 4 rings (SSSR count). The van der Waals surface area contributed by atoms with Crippen LogP contribution in [0.1, 0.15) is 36.0 Å². The minimum Gasteiger partial charge on any atom is -0.492 e. The lowest BCUT2D eigenvalue weighted by Gasteiger charge is -2.18. The van der Waals surface area contributed by atoms with Gasteiger partial charge in [-0.3, -0.25) is 4.79 Å². The minimum atomic E-state index is -3.85. The summed E-state index contributed by atoms with van der Waals surface area (Å²) < 4.78 is 60.5. The summed E-state index contributed by atoms with van der Waals surface area (Å²) >= 11 is 1.41. The molecule has 0 saturated carbocycles. The molecule has 12 heteroatoms. The summed E-state index contributed by atoms with van der Waals surface area (Å²) in [5, 5.41) is 0. The van der Waals surface area contributed by atoms with E-state index in [9.17, 15) is 21.6 Å². The lowest BCUT2D eigenvalue weighted by Crippen LogP contribution is -2.30. The fourth-order valence-corrected chi connectivity index (χ4v) is 7.45. The molecule has 2 aromatic rings. The van der Waals surface area contributed by atoms with Gasteiger partial charge >= 0.3 is 0 Å². The number of thioether (sulfide) groups is 1. The lowest BCUT2D eigenvalue weighted by molar-refractivity contribution is 0.0789. The average Bonchev–Trinajstić information content (AvgIpc) is 3.61. The second kappa shape index (κ2) is 11.5. The molecule has 0 aliphatic carbocycles. The number of carbonyl (C=O) groups excluding carboxylic acids is 1. The first kappa shape index (κ1) is 26.9. The molecule has 2 aromatic carbocycles. The van der Waals surface area contributed by atoms with Crippen LogP contribution in [0.15, 0.2) is 57.2 Å². The molecule has 0 unspecified atom stereocenters. The molecule has 0 aromatic heterocycles. The van der Waals surface area contributed by atoms with E-state index >= 15 is 0 Å². The normalized spacial score (nSPS) is 17.0. The Morgan fingerprint density at radius 1 is 0.917 bits per heavy atom. The first-order chi connectivity index (χ1) is 17.2. The molecule has 0 atom stereocenters. The monoisotopic (exact) mass is 553 g/mol. The third-order valence-corrected chi connectivity index (χ3v) is 10.5. The molecule has 0 spiro atoms. The highest BCUT2D eigenvalue weighted by Crippen LogP contribution is 2.26. The van der Waals surface area contributed by atoms with Crippen molar-refractivity contribution in [3.05, 3.63) is 48.0 Å². The fourth-order valence-electron chi connectivity index (χ4n) is 4.33. The standard InChI is InChI=1S/C24H31N3O6S3/c1-34-23-11-10-21(18-22(23)24(28)26-13-2-3-14-26)35(29,30)25-12-17-33-19-6-8-20(9-7-19)36(31,32)27-15-4-5-16-27/h6-11,18,25H,2-5,12-17H2,1H3. The van der Waals surface area contributed by atoms with Crippen LogP contribution >= 0.6 is 11.8 Å². The Morgan fingerprint density at radius 3 is 2.17 bits per heavy atom. The van der Waals surface area contributed by atoms with Crippen LogP contribution < -0.4 is 9.46 Å². The van der Waals surface area contributed by atoms with Crippen LogP contribution in [-0.2, 0) is 20.0 Å². The minimum absolute atomic E-state index is 0.00977. The van der Waals surface area contributed by atoms with E-state index in [2.05, 4.69) is 4.72 Å². The zero-order valence-corrected chi connectivity index (χ0v) is 22.6. The Labute approximate surface area is 217 Å². The highest BCUT2D eigenvalue weighted by molar-refractivity contribution is 7.98. The molecule has 0 bridgehead atoms. The number of likely N-dealkylation sites (tertiary alicyclic amines) is 1. The van der Waals surface area contributed by atoms with Crippen molar-refractivity contribution in [3.63, 3.8) is 0 Å². The number of nitrogens with zero attached hydrogens (tertiary/aromatic N) is 2. The number of carbonyl (C=O) groups is 1. The van der Waals surface area contributed by atoms with E-state index in [1.54, 1.807) is 23.1 Å². The number of nitrogens with one attached hydrogen (secondary N) is 1. The summed E-state index contributed by atoms with van der Waals surface area (Å²) in [6.07, 6.45) is 5.50. The topological polar surface area (TPSA) is 113 Å². The van der Waals surface area contributed by atoms with Crippen LogP contribution in [0.5, 0.6) is 5.75 Å². The molecule has 9 nitrogen and oxygen atoms in total. The number of ether oxygens (including phenoxy) is 1. The van der Waals surface area contributed by atoms with Gasteiger partial charge < -0.3 is 9.64 Å². The van der Waals surface area contributed by atoms with E-state index in [1.807, 2.05) is 6.26 Å². The summed E-state index contributed by atoms with van der Waals surface area (Å²) in [6, 6.07) is 10.7. The fraction of sp³-hybridized carbons (Fsp3) is 0.458. The van der Waals surface area contributed by atoms with Gasteiger partial charge in [-0.1, -0.05) is 0 Å². The quantitative estimate of drug-likeness (QED) is 0.356. The predicted molar refractivity (Wildman–Crippen MR) is 138 cm³/mol. The second-order valence-corrected chi connectivity index (χ2v) is 13.2. The highest BCUT2D eigenvalue weighted by Gasteiger charge is 2.27. The van der Waals surface area contributed by atoms with Crippen molar-refractivity contribution in [3.8, 4) is 5.75 Å². The Kier molecular flexibility index (Phi) is 8.61. The first-order valence-corrected chi connectivity index (χ1v) is 16.1. The van der Waals surface area contributed by atoms with Crippen molar-refractivity contribution in [1.82, 2.24) is 13.9 Å². The maximum Gasteiger partial charge on any atom is 0.255 e. The Hall–Kier alpha value is -2.12. The van der Waals surface area contributed by atoms with Crippen LogP contribution in [0.4, 0.5) is 0 Å². The van der Waals surface area contributed by atoms with Crippen molar-refractivity contribution >= 4 is 37.7 Å². The van der Waals surface area contributed by atoms with Gasteiger partial charge in [0.15, 0.2) is 0 Å². The number of amides is 1. The van der Waals surface area contributed by atoms with Gasteiger partial charge in [-0.05, 0) is 74.4 Å². The molecule has 1 amide bonds. The molecule has 2 heterocycles. The Balaban J connectivity index is 1.34. The smallest absolute Gasteiger partial charge is 0.255 e. The zero-order chi connectivity index (χ0) is 25.8. The van der Waals surface area contributed by atoms with Gasteiger partial charge in [0.2, 0.25) is 20.0 Å². The van der Waals surface area contributed by atoms with Gasteiger partial charge in [-0.2, -0.15) is 4.31 Å². The van der Waals surface area contributed by atoms with Crippen molar-refractivity contribution < 1.29 is 26.4 Å². The number of benzene rings is 2. The SMILES string of the molecule is CSc1ccc(S(=O)(=O)NCCOc2ccc(S(=O)(=O)N3CCCC3)cc2)cc1C(=O)N1CCCC1. The lowest BCUT2D eigenvalue weighted by atomic mass is 10.2. The summed E-state index contributed by atoms with van der Waals surface area (Å²) in [6.45, 7) is 2.51. The van der Waals surface area contributed by atoms with Crippen molar-refractivity contribution in [2.24, 2.45) is 0 Å². The van der Waals surface area contributed by atoms with Gasteiger partial charge in [0, 0.05) is 37.6 Å². The van der Waals surface area contributed by atoms with E-state index < -0.39 is 20.0 Å². The summed E-state index contributed by atoms with van der Waals surface area (Å²) in [4.78, 5) is 15.7. The molecule has 0 radical (unpaired) electrons. The second-order valence-electron chi connectivity index (χ2n) is 8.69. The third-order valence-electron chi connectivity index (χ3n) is 6.29. The molecular formula is C24H31N3O6S3. The number of hydrogen-bond donors (Lipinski definition) is 1. The molecule has 2 aliphatic rings. The number of rotatable bonds is 10. The predicted octanol–water partition coefficient (Wildman–Crippen LogP) is 2.79. The molecule has 2 saturated heterocycles. The van der Waals surface area contributed by atoms with Crippen LogP contribution in [0.3, 0.4) is 0 Å². The van der Waals surface area contributed by atoms with Gasteiger partial charge in [-0.25, -0.2) is 21.6 Å². The van der Waals surface area contributed by atoms with Crippen molar-refractivity contribution in [2.45, 2.75) is 40.4 Å². The molecule has 1 N–H and O–H groups in total. The van der Waals surface area contributed by atoms with E-state index in [-0.39, 0.29) is 28.8 Å². The van der Waals surface area contributed by atoms with Crippen molar-refractivity contribution in [1.29, 1.82) is 0 Å². The van der Waals surface area contributed by atoms with Crippen LogP contribution in [0, 0.1) is 0 Å². The van der Waals surface area contributed by atoms with E-state index in [0.29, 0.717) is 37.5 Å². The van der Waals surface area contributed by atoms with Crippen LogP contribution in [-0.4, -0.2) is 77.5 Å². The van der Waals surface area contributed by atoms with E-state index in [1.165, 1.54) is 40.3 Å². The molecular weight excluding hydrogens is 522 g/mol. The summed E-state index contributed by atoms with van der Waals surface area (Å²) in [5.41, 5.74) is 0.396. The van der Waals surface area contributed by atoms with Gasteiger partial charge in [-0.15, -0.1) is 11.8 Å². The van der Waals surface area contributed by atoms with Crippen LogP contribution in [0.25, 0.3) is 0 Å². The molecule has 196 valence electrons. The third kappa shape index (κ3) is 6.05. The first-order valence-electron chi connectivity index (χ1n) is 11.9. The number of sulfonamides is 2. The van der Waals surface area contributed by atoms with Gasteiger partial charge in [0.05, 0.1) is 15.4 Å². The molecule has 2 fully saturated rings. The van der Waals surface area contributed by atoms with Gasteiger partial charge in [0.25, 0.3) is 5.91 Å². The van der Waals surface area contributed by atoms with Crippen molar-refractivity contribution in [2.75, 3.05) is 45.6 Å². The largest absolute Gasteiger partial charge is 0.492 e. The maximum atomic E-state index is 12.9. The maximum absolute atomic E-state index is 12.9. The summed E-state index contributed by atoms with van der Waals surface area (Å²) in [5.74, 6) is 0.296. The zero-order valence-electron chi connectivity index (χ0n) is 20.2. The van der Waals surface area contributed by atoms with E-state index in [0.717, 1.165) is 30.6 Å². The average molecular weight is 554 g/mol. The Bertz CT molecular complexity index is 1280. The van der Waals surface area contributed by atoms with Crippen LogP contribution in [0.2, 0.25) is 0 Å². The molecule has 36 heavy (non-hydrogen) atoms. The van der Waals surface area contributed by atoms with Gasteiger partial charge in [0.1, 0.15) is 12.4 Å². The molecule has 2 aliphatic heterocycles.